The van der Waals surface area contributed by atoms with Crippen molar-refractivity contribution in [3.05, 3.63) is 65.2 Å². The predicted molar refractivity (Wildman–Crippen MR) is 116 cm³/mol. The average molecular weight is 395 g/mol. The number of hydrogen-bond acceptors (Lipinski definition) is 4. The van der Waals surface area contributed by atoms with Gasteiger partial charge in [-0.15, -0.1) is 0 Å². The van der Waals surface area contributed by atoms with Crippen LogP contribution in [0.2, 0.25) is 0 Å². The van der Waals surface area contributed by atoms with E-state index in [4.69, 9.17) is 4.74 Å². The normalized spacial score (nSPS) is 16.6. The van der Waals surface area contributed by atoms with Gasteiger partial charge in [-0.2, -0.15) is 0 Å². The Balaban J connectivity index is 1.98. The van der Waals surface area contributed by atoms with Crippen LogP contribution in [0.1, 0.15) is 48.2 Å². The minimum Gasteiger partial charge on any atom is -0.508 e. The molecule has 1 heterocycles. The predicted octanol–water partition coefficient (Wildman–Crippen LogP) is 4.07. The molecule has 154 valence electrons. The summed E-state index contributed by atoms with van der Waals surface area (Å²) in [6.45, 7) is 7.78. The molecule has 0 saturated carbocycles. The molecule has 2 aromatic rings. The molecule has 5 nitrogen and oxygen atoms in total. The van der Waals surface area contributed by atoms with Crippen LogP contribution >= 0.6 is 0 Å². The van der Waals surface area contributed by atoms with Crippen molar-refractivity contribution < 1.29 is 14.6 Å². The van der Waals surface area contributed by atoms with Gasteiger partial charge in [-0.25, -0.2) is 0 Å². The average Bonchev–Trinajstić information content (AvgIpc) is 2.78. The van der Waals surface area contributed by atoms with Crippen molar-refractivity contribution in [2.45, 2.75) is 26.7 Å². The van der Waals surface area contributed by atoms with E-state index in [0.717, 1.165) is 48.4 Å². The fraction of sp³-hybridized carbons (Fsp3) is 0.375. The number of nitrogens with one attached hydrogen (secondary N) is 1. The summed E-state index contributed by atoms with van der Waals surface area (Å²) < 4.78 is 6.00. The SMILES string of the molecule is CCN(CC)C(=O)c1ccc(/C2=C/CCNCCCOc3ccc(O)cc32)cc1. The number of phenols is 1. The lowest BCUT2D eigenvalue weighted by atomic mass is 9.94. The molecule has 1 amide bonds. The number of nitrogens with zero attached hydrogens (tertiary/aromatic N) is 1. The monoisotopic (exact) mass is 394 g/mol. The lowest BCUT2D eigenvalue weighted by Gasteiger charge is -2.19. The number of amides is 1. The first-order chi connectivity index (χ1) is 14.1. The number of rotatable bonds is 4. The van der Waals surface area contributed by atoms with E-state index in [0.29, 0.717) is 25.3 Å². The van der Waals surface area contributed by atoms with Crippen LogP contribution in [0.25, 0.3) is 5.57 Å². The first kappa shape index (κ1) is 20.9. The summed E-state index contributed by atoms with van der Waals surface area (Å²) in [7, 11) is 0. The molecule has 0 saturated heterocycles. The third-order valence-corrected chi connectivity index (χ3v) is 5.17. The molecule has 0 atom stereocenters. The van der Waals surface area contributed by atoms with Crippen LogP contribution in [0.15, 0.2) is 48.5 Å². The number of aromatic hydroxyl groups is 1. The summed E-state index contributed by atoms with van der Waals surface area (Å²) in [6.07, 6.45) is 3.96. The number of hydrogen-bond donors (Lipinski definition) is 2. The molecule has 0 fully saturated rings. The maximum Gasteiger partial charge on any atom is 0.253 e. The zero-order chi connectivity index (χ0) is 20.6. The molecule has 1 aliphatic heterocycles. The number of fused-ring (bicyclic) bond motifs is 1. The molecule has 2 aromatic carbocycles. The fourth-order valence-electron chi connectivity index (χ4n) is 3.55. The van der Waals surface area contributed by atoms with E-state index >= 15 is 0 Å². The summed E-state index contributed by atoms with van der Waals surface area (Å²) >= 11 is 0. The highest BCUT2D eigenvalue weighted by molar-refractivity contribution is 5.95. The summed E-state index contributed by atoms with van der Waals surface area (Å²) in [5.41, 5.74) is 3.55. The van der Waals surface area contributed by atoms with Gasteiger partial charge in [0.2, 0.25) is 0 Å². The van der Waals surface area contributed by atoms with Crippen molar-refractivity contribution >= 4 is 11.5 Å². The lowest BCUT2D eigenvalue weighted by Crippen LogP contribution is -2.30. The fourth-order valence-corrected chi connectivity index (χ4v) is 3.55. The third kappa shape index (κ3) is 5.18. The van der Waals surface area contributed by atoms with Crippen LogP contribution in [0.3, 0.4) is 0 Å². The van der Waals surface area contributed by atoms with Crippen molar-refractivity contribution in [3.8, 4) is 11.5 Å². The first-order valence-corrected chi connectivity index (χ1v) is 10.4. The molecule has 2 N–H and O–H groups in total. The standard InChI is InChI=1S/C24H30N2O3/c1-3-26(4-2)24(28)19-10-8-18(9-11-19)21-7-5-14-25-15-6-16-29-23-13-12-20(27)17-22(21)23/h7-13,17,25,27H,3-6,14-16H2,1-2H3/b21-7-. The van der Waals surface area contributed by atoms with Gasteiger partial charge in [0.05, 0.1) is 6.61 Å². The second-order valence-electron chi connectivity index (χ2n) is 7.09. The summed E-state index contributed by atoms with van der Waals surface area (Å²) in [5.74, 6) is 1.02. The molecule has 1 aliphatic rings. The highest BCUT2D eigenvalue weighted by Crippen LogP contribution is 2.34. The van der Waals surface area contributed by atoms with Gasteiger partial charge in [0.1, 0.15) is 11.5 Å². The summed E-state index contributed by atoms with van der Waals surface area (Å²) in [6, 6.07) is 12.9. The van der Waals surface area contributed by atoms with Gasteiger partial charge in [-0.3, -0.25) is 4.79 Å². The molecule has 5 heteroatoms. The lowest BCUT2D eigenvalue weighted by molar-refractivity contribution is 0.0773. The quantitative estimate of drug-likeness (QED) is 0.821. The molecular formula is C24H30N2O3. The van der Waals surface area contributed by atoms with Gasteiger partial charge >= 0.3 is 0 Å². The first-order valence-electron chi connectivity index (χ1n) is 10.4. The Morgan fingerprint density at radius 3 is 2.59 bits per heavy atom. The van der Waals surface area contributed by atoms with E-state index in [1.165, 1.54) is 0 Å². The minimum absolute atomic E-state index is 0.0450. The van der Waals surface area contributed by atoms with Crippen molar-refractivity contribution in [2.75, 3.05) is 32.8 Å². The molecular weight excluding hydrogens is 364 g/mol. The Morgan fingerprint density at radius 1 is 1.10 bits per heavy atom. The third-order valence-electron chi connectivity index (χ3n) is 5.17. The number of ether oxygens (including phenoxy) is 1. The van der Waals surface area contributed by atoms with Gasteiger partial charge < -0.3 is 20.1 Å². The highest BCUT2D eigenvalue weighted by Gasteiger charge is 2.16. The second kappa shape index (κ2) is 10.1. The van der Waals surface area contributed by atoms with Gasteiger partial charge in [0, 0.05) is 24.2 Å². The van der Waals surface area contributed by atoms with E-state index < -0.39 is 0 Å². The van der Waals surface area contributed by atoms with Gasteiger partial charge in [0.25, 0.3) is 5.91 Å². The Labute approximate surface area is 173 Å². The van der Waals surface area contributed by atoms with E-state index in [1.54, 1.807) is 12.1 Å². The Bertz CT molecular complexity index is 855. The van der Waals surface area contributed by atoms with Crippen molar-refractivity contribution in [1.82, 2.24) is 10.2 Å². The van der Waals surface area contributed by atoms with Crippen molar-refractivity contribution in [2.24, 2.45) is 0 Å². The molecule has 0 unspecified atom stereocenters. The number of benzene rings is 2. The maximum absolute atomic E-state index is 12.6. The number of carbonyl (C=O) groups excluding carboxylic acids is 1. The molecule has 0 radical (unpaired) electrons. The molecule has 29 heavy (non-hydrogen) atoms. The molecule has 0 bridgehead atoms. The molecule has 0 spiro atoms. The Morgan fingerprint density at radius 2 is 1.86 bits per heavy atom. The topological polar surface area (TPSA) is 61.8 Å². The zero-order valence-electron chi connectivity index (χ0n) is 17.3. The smallest absolute Gasteiger partial charge is 0.253 e. The van der Waals surface area contributed by atoms with Crippen LogP contribution in [-0.2, 0) is 0 Å². The molecule has 0 aromatic heterocycles. The van der Waals surface area contributed by atoms with E-state index in [-0.39, 0.29) is 11.7 Å². The molecule has 3 rings (SSSR count). The largest absolute Gasteiger partial charge is 0.508 e. The van der Waals surface area contributed by atoms with Crippen LogP contribution in [0.4, 0.5) is 0 Å². The van der Waals surface area contributed by atoms with Crippen LogP contribution < -0.4 is 10.1 Å². The highest BCUT2D eigenvalue weighted by atomic mass is 16.5. The van der Waals surface area contributed by atoms with Crippen LogP contribution in [0, 0.1) is 0 Å². The van der Waals surface area contributed by atoms with Gasteiger partial charge in [-0.1, -0.05) is 18.2 Å². The zero-order valence-corrected chi connectivity index (χ0v) is 17.3. The van der Waals surface area contributed by atoms with Crippen LogP contribution in [0.5, 0.6) is 11.5 Å². The van der Waals surface area contributed by atoms with E-state index in [9.17, 15) is 9.90 Å². The maximum atomic E-state index is 12.6. The van der Waals surface area contributed by atoms with Crippen molar-refractivity contribution in [3.63, 3.8) is 0 Å². The summed E-state index contributed by atoms with van der Waals surface area (Å²) in [4.78, 5) is 14.4. The van der Waals surface area contributed by atoms with Gasteiger partial charge in [-0.05, 0) is 81.2 Å². The minimum atomic E-state index is 0.0450. The van der Waals surface area contributed by atoms with Crippen LogP contribution in [-0.4, -0.2) is 48.7 Å². The second-order valence-corrected chi connectivity index (χ2v) is 7.09. The number of carbonyl (C=O) groups is 1. The van der Waals surface area contributed by atoms with Gasteiger partial charge in [0.15, 0.2) is 0 Å². The Hall–Kier alpha value is -2.79. The molecule has 0 aliphatic carbocycles. The Kier molecular flexibility index (Phi) is 7.30. The number of phenolic OH excluding ortho intramolecular Hbond substituents is 1. The van der Waals surface area contributed by atoms with E-state index in [1.807, 2.05) is 49.1 Å². The van der Waals surface area contributed by atoms with E-state index in [2.05, 4.69) is 11.4 Å². The summed E-state index contributed by atoms with van der Waals surface area (Å²) in [5, 5.41) is 13.5. The van der Waals surface area contributed by atoms with Crippen molar-refractivity contribution in [1.29, 1.82) is 0 Å².